The van der Waals surface area contributed by atoms with E-state index in [0.29, 0.717) is 10.6 Å². The van der Waals surface area contributed by atoms with E-state index in [1.165, 1.54) is 0 Å². The molecule has 112 valence electrons. The van der Waals surface area contributed by atoms with Crippen LogP contribution in [0.5, 0.6) is 5.75 Å². The third-order valence-corrected chi connectivity index (χ3v) is 4.17. The maximum absolute atomic E-state index is 13.7. The summed E-state index contributed by atoms with van der Waals surface area (Å²) in [4.78, 5) is -0.930. The summed E-state index contributed by atoms with van der Waals surface area (Å²) in [5.41, 5.74) is 0.688. The Morgan fingerprint density at radius 2 is 1.62 bits per heavy atom. The first kappa shape index (κ1) is 16.0. The largest absolute Gasteiger partial charge is 0.486 e. The average molecular weight is 353 g/mol. The predicted octanol–water partition coefficient (Wildman–Crippen LogP) is 4.12. The summed E-state index contributed by atoms with van der Waals surface area (Å²) < 4.78 is 54.5. The van der Waals surface area contributed by atoms with Crippen LogP contribution in [0.4, 0.5) is 8.78 Å². The van der Waals surface area contributed by atoms with Gasteiger partial charge < -0.3 is 4.74 Å². The predicted molar refractivity (Wildman–Crippen MR) is 75.2 cm³/mol. The van der Waals surface area contributed by atoms with E-state index in [0.717, 1.165) is 12.1 Å². The van der Waals surface area contributed by atoms with Crippen LogP contribution in [0, 0.1) is 11.6 Å². The van der Waals surface area contributed by atoms with E-state index in [9.17, 15) is 17.2 Å². The van der Waals surface area contributed by atoms with Crippen molar-refractivity contribution in [3.8, 4) is 5.75 Å². The zero-order valence-corrected chi connectivity index (χ0v) is 12.6. The van der Waals surface area contributed by atoms with Crippen LogP contribution in [-0.2, 0) is 15.7 Å². The second kappa shape index (κ2) is 6.17. The van der Waals surface area contributed by atoms with Gasteiger partial charge >= 0.3 is 0 Å². The number of hydrogen-bond donors (Lipinski definition) is 0. The van der Waals surface area contributed by atoms with E-state index in [1.807, 2.05) is 0 Å². The average Bonchev–Trinajstić information content (AvgIpc) is 2.41. The highest BCUT2D eigenvalue weighted by Crippen LogP contribution is 2.28. The first-order chi connectivity index (χ1) is 9.79. The van der Waals surface area contributed by atoms with Gasteiger partial charge in [-0.3, -0.25) is 0 Å². The molecule has 0 amide bonds. The third-order valence-electron chi connectivity index (χ3n) is 2.58. The van der Waals surface area contributed by atoms with Crippen LogP contribution >= 0.6 is 22.3 Å². The number of rotatable bonds is 4. The van der Waals surface area contributed by atoms with Crippen molar-refractivity contribution in [3.63, 3.8) is 0 Å². The maximum Gasteiger partial charge on any atom is 0.264 e. The van der Waals surface area contributed by atoms with Crippen molar-refractivity contribution >= 4 is 31.3 Å². The summed E-state index contributed by atoms with van der Waals surface area (Å²) in [7, 11) is 0.631. The van der Waals surface area contributed by atoms with Crippen LogP contribution in [0.25, 0.3) is 0 Å². The summed E-state index contributed by atoms with van der Waals surface area (Å²) in [5.74, 6) is -3.39. The van der Waals surface area contributed by atoms with Gasteiger partial charge in [-0.05, 0) is 29.8 Å². The number of benzene rings is 2. The Labute approximate surface area is 129 Å². The highest BCUT2D eigenvalue weighted by Gasteiger charge is 2.22. The minimum absolute atomic E-state index is 0.0273. The van der Waals surface area contributed by atoms with Gasteiger partial charge in [0, 0.05) is 15.7 Å². The molecule has 0 bridgehead atoms. The molecule has 0 atom stereocenters. The molecule has 21 heavy (non-hydrogen) atoms. The molecule has 0 aliphatic carbocycles. The van der Waals surface area contributed by atoms with Gasteiger partial charge in [0.15, 0.2) is 11.6 Å². The van der Waals surface area contributed by atoms with Gasteiger partial charge in [0.05, 0.1) is 0 Å². The van der Waals surface area contributed by atoms with Crippen molar-refractivity contribution in [3.05, 3.63) is 58.6 Å². The number of hydrogen-bond acceptors (Lipinski definition) is 3. The Morgan fingerprint density at radius 1 is 1.00 bits per heavy atom. The van der Waals surface area contributed by atoms with Gasteiger partial charge in [-0.15, -0.1) is 0 Å². The molecule has 0 unspecified atom stereocenters. The van der Waals surface area contributed by atoms with Crippen LogP contribution in [0.2, 0.25) is 5.02 Å². The summed E-state index contributed by atoms with van der Waals surface area (Å²) in [5, 5.41) is 0.535. The van der Waals surface area contributed by atoms with Crippen molar-refractivity contribution in [2.24, 2.45) is 0 Å². The quantitative estimate of drug-likeness (QED) is 0.777. The van der Waals surface area contributed by atoms with Crippen LogP contribution in [0.3, 0.4) is 0 Å². The van der Waals surface area contributed by atoms with Gasteiger partial charge in [0.2, 0.25) is 5.82 Å². The molecule has 0 saturated carbocycles. The molecule has 0 fully saturated rings. The molecule has 0 N–H and O–H groups in total. The van der Waals surface area contributed by atoms with E-state index in [4.69, 9.17) is 27.0 Å². The maximum atomic E-state index is 13.7. The Morgan fingerprint density at radius 3 is 2.19 bits per heavy atom. The molecule has 2 aromatic rings. The summed E-state index contributed by atoms with van der Waals surface area (Å²) in [6.45, 7) is -0.0273. The SMILES string of the molecule is O=S(=O)(Cl)c1ccc(OCc2ccc(Cl)cc2)c(F)c1F. The molecule has 0 heterocycles. The third kappa shape index (κ3) is 3.84. The number of ether oxygens (including phenoxy) is 1. The molecular formula is C13H8Cl2F2O3S. The van der Waals surface area contributed by atoms with Crippen LogP contribution < -0.4 is 4.74 Å². The molecule has 8 heteroatoms. The second-order valence-corrected chi connectivity index (χ2v) is 7.01. The standard InChI is InChI=1S/C13H8Cl2F2O3S/c14-9-3-1-8(2-4-9)7-20-10-5-6-11(21(15,18)19)13(17)12(10)16/h1-6H,7H2. The molecular weight excluding hydrogens is 345 g/mol. The van der Waals surface area contributed by atoms with E-state index < -0.39 is 31.3 Å². The van der Waals surface area contributed by atoms with E-state index in [-0.39, 0.29) is 6.61 Å². The lowest BCUT2D eigenvalue weighted by molar-refractivity contribution is 0.283. The normalized spacial score (nSPS) is 11.4. The van der Waals surface area contributed by atoms with E-state index >= 15 is 0 Å². The van der Waals surface area contributed by atoms with E-state index in [1.54, 1.807) is 24.3 Å². The van der Waals surface area contributed by atoms with Crippen LogP contribution in [0.1, 0.15) is 5.56 Å². The van der Waals surface area contributed by atoms with Crippen LogP contribution in [0.15, 0.2) is 41.3 Å². The van der Waals surface area contributed by atoms with Crippen molar-refractivity contribution < 1.29 is 21.9 Å². The van der Waals surface area contributed by atoms with Crippen molar-refractivity contribution in [2.45, 2.75) is 11.5 Å². The topological polar surface area (TPSA) is 43.4 Å². The molecule has 0 spiro atoms. The fraction of sp³-hybridized carbons (Fsp3) is 0.0769. The fourth-order valence-electron chi connectivity index (χ4n) is 1.56. The lowest BCUT2D eigenvalue weighted by Crippen LogP contribution is -2.03. The molecule has 0 saturated heterocycles. The zero-order valence-electron chi connectivity index (χ0n) is 10.3. The van der Waals surface area contributed by atoms with Crippen molar-refractivity contribution in [1.82, 2.24) is 0 Å². The van der Waals surface area contributed by atoms with Gasteiger partial charge in [-0.1, -0.05) is 23.7 Å². The Balaban J connectivity index is 2.22. The van der Waals surface area contributed by atoms with Gasteiger partial charge in [-0.25, -0.2) is 12.8 Å². The Bertz CT molecular complexity index is 762. The van der Waals surface area contributed by atoms with Gasteiger partial charge in [0.1, 0.15) is 11.5 Å². The second-order valence-electron chi connectivity index (χ2n) is 4.04. The van der Waals surface area contributed by atoms with Crippen molar-refractivity contribution in [2.75, 3.05) is 0 Å². The summed E-state index contributed by atoms with van der Waals surface area (Å²) >= 11 is 5.72. The number of halogens is 4. The molecule has 2 rings (SSSR count). The minimum atomic E-state index is -4.36. The van der Waals surface area contributed by atoms with Gasteiger partial charge in [-0.2, -0.15) is 4.39 Å². The lowest BCUT2D eigenvalue weighted by Gasteiger charge is -2.09. The molecule has 2 aromatic carbocycles. The van der Waals surface area contributed by atoms with Crippen molar-refractivity contribution in [1.29, 1.82) is 0 Å². The minimum Gasteiger partial charge on any atom is -0.486 e. The zero-order chi connectivity index (χ0) is 15.6. The molecule has 0 radical (unpaired) electrons. The monoisotopic (exact) mass is 352 g/mol. The summed E-state index contributed by atoms with van der Waals surface area (Å²) in [6, 6.07) is 8.42. The lowest BCUT2D eigenvalue weighted by atomic mass is 10.2. The van der Waals surface area contributed by atoms with Crippen LogP contribution in [-0.4, -0.2) is 8.42 Å². The highest BCUT2D eigenvalue weighted by atomic mass is 35.7. The van der Waals surface area contributed by atoms with E-state index in [2.05, 4.69) is 0 Å². The van der Waals surface area contributed by atoms with Gasteiger partial charge in [0.25, 0.3) is 9.05 Å². The molecule has 0 aliphatic rings. The summed E-state index contributed by atoms with van der Waals surface area (Å²) in [6.07, 6.45) is 0. The fourth-order valence-corrected chi connectivity index (χ4v) is 2.57. The smallest absolute Gasteiger partial charge is 0.264 e. The molecule has 0 aliphatic heterocycles. The molecule has 0 aromatic heterocycles. The highest BCUT2D eigenvalue weighted by molar-refractivity contribution is 8.13. The molecule has 3 nitrogen and oxygen atoms in total. The Kier molecular flexibility index (Phi) is 4.70. The first-order valence-corrected chi connectivity index (χ1v) is 8.27. The Hall–Kier alpha value is -1.37. The first-order valence-electron chi connectivity index (χ1n) is 5.59.